The number of unbranched alkanes of at least 4 members (excludes halogenated alkanes) is 1. The van der Waals surface area contributed by atoms with E-state index in [2.05, 4.69) is 16.3 Å². The van der Waals surface area contributed by atoms with Crippen molar-refractivity contribution in [1.82, 2.24) is 14.8 Å². The van der Waals surface area contributed by atoms with Gasteiger partial charge in [-0.05, 0) is 42.8 Å². The summed E-state index contributed by atoms with van der Waals surface area (Å²) in [5.74, 6) is 3.03. The summed E-state index contributed by atoms with van der Waals surface area (Å²) in [6.07, 6.45) is 1.34. The smallest absolute Gasteiger partial charge is 0.196 e. The molecule has 1 heterocycles. The van der Waals surface area contributed by atoms with Crippen LogP contribution in [0, 0.1) is 11.3 Å². The van der Waals surface area contributed by atoms with Crippen LogP contribution in [-0.2, 0) is 0 Å². The molecule has 0 radical (unpaired) electrons. The Morgan fingerprint density at radius 2 is 1.81 bits per heavy atom. The van der Waals surface area contributed by atoms with E-state index in [9.17, 15) is 0 Å². The first-order valence-electron chi connectivity index (χ1n) is 8.51. The lowest BCUT2D eigenvalue weighted by atomic mass is 10.2. The van der Waals surface area contributed by atoms with Crippen molar-refractivity contribution in [3.63, 3.8) is 0 Å². The van der Waals surface area contributed by atoms with Crippen LogP contribution in [0.15, 0.2) is 53.7 Å². The van der Waals surface area contributed by atoms with Crippen molar-refractivity contribution in [2.45, 2.75) is 18.0 Å². The number of hydrogen-bond donors (Lipinski definition) is 0. The molecule has 0 saturated heterocycles. The van der Waals surface area contributed by atoms with Crippen molar-refractivity contribution in [3.8, 4) is 34.6 Å². The maximum Gasteiger partial charge on any atom is 0.196 e. The first-order chi connectivity index (χ1) is 13.3. The van der Waals surface area contributed by atoms with Crippen molar-refractivity contribution < 1.29 is 9.47 Å². The molecule has 0 amide bonds. The third-order valence-corrected chi connectivity index (χ3v) is 4.99. The molecule has 0 unspecified atom stereocenters. The Morgan fingerprint density at radius 1 is 1.04 bits per heavy atom. The number of rotatable bonds is 8. The molecule has 3 aromatic rings. The molecule has 138 valence electrons. The lowest BCUT2D eigenvalue weighted by Crippen LogP contribution is -2.01. The molecule has 3 rings (SSSR count). The molecule has 7 heteroatoms. The van der Waals surface area contributed by atoms with Crippen molar-refractivity contribution in [1.29, 1.82) is 5.26 Å². The van der Waals surface area contributed by atoms with E-state index in [0.29, 0.717) is 12.2 Å². The number of ether oxygens (including phenoxy) is 2. The topological polar surface area (TPSA) is 73.0 Å². The number of nitrogens with zero attached hydrogens (tertiary/aromatic N) is 4. The normalized spacial score (nSPS) is 10.4. The summed E-state index contributed by atoms with van der Waals surface area (Å²) in [4.78, 5) is 0. The lowest BCUT2D eigenvalue weighted by Gasteiger charge is -2.13. The van der Waals surface area contributed by atoms with Crippen LogP contribution in [0.4, 0.5) is 0 Å². The molecular formula is C20H20N4O2S. The van der Waals surface area contributed by atoms with Crippen molar-refractivity contribution in [2.24, 2.45) is 0 Å². The molecule has 6 nitrogen and oxygen atoms in total. The molecule has 27 heavy (non-hydrogen) atoms. The minimum Gasteiger partial charge on any atom is -0.497 e. The van der Waals surface area contributed by atoms with Crippen molar-refractivity contribution >= 4 is 11.8 Å². The van der Waals surface area contributed by atoms with Crippen LogP contribution in [0.2, 0.25) is 0 Å². The summed E-state index contributed by atoms with van der Waals surface area (Å²) in [5, 5.41) is 18.3. The maximum atomic E-state index is 8.74. The summed E-state index contributed by atoms with van der Waals surface area (Å²) in [5.41, 5.74) is 1.80. The minimum atomic E-state index is 0.531. The van der Waals surface area contributed by atoms with Gasteiger partial charge < -0.3 is 9.47 Å². The minimum absolute atomic E-state index is 0.531. The molecule has 1 aromatic heterocycles. The molecule has 0 aliphatic carbocycles. The van der Waals surface area contributed by atoms with Crippen LogP contribution in [0.3, 0.4) is 0 Å². The molecule has 0 aliphatic heterocycles. The van der Waals surface area contributed by atoms with Gasteiger partial charge in [-0.3, -0.25) is 4.57 Å². The second-order valence-electron chi connectivity index (χ2n) is 5.65. The standard InChI is InChI=1S/C20H20N4O2S/c1-25-16-11-9-15(10-12-16)24-19(17-7-3-4-8-18(17)26-2)22-23-20(24)27-14-6-5-13-21/h3-4,7-12H,5-6,14H2,1-2H3. The molecule has 0 fully saturated rings. The molecule has 0 spiro atoms. The Morgan fingerprint density at radius 3 is 2.52 bits per heavy atom. The zero-order valence-corrected chi connectivity index (χ0v) is 16.1. The van der Waals surface area contributed by atoms with Crippen molar-refractivity contribution in [3.05, 3.63) is 48.5 Å². The highest BCUT2D eigenvalue weighted by Crippen LogP contribution is 2.33. The van der Waals surface area contributed by atoms with E-state index < -0.39 is 0 Å². The second kappa shape index (κ2) is 9.10. The van der Waals surface area contributed by atoms with Gasteiger partial charge in [-0.2, -0.15) is 5.26 Å². The molecule has 0 aliphatic rings. The SMILES string of the molecule is COc1ccc(-n2c(SCCCC#N)nnc2-c2ccccc2OC)cc1. The van der Waals surface area contributed by atoms with Crippen LogP contribution in [0.5, 0.6) is 11.5 Å². The fourth-order valence-electron chi connectivity index (χ4n) is 2.65. The van der Waals surface area contributed by atoms with E-state index in [1.54, 1.807) is 26.0 Å². The van der Waals surface area contributed by atoms with Crippen LogP contribution >= 0.6 is 11.8 Å². The number of aromatic nitrogens is 3. The van der Waals surface area contributed by atoms with Gasteiger partial charge in [-0.15, -0.1) is 10.2 Å². The summed E-state index contributed by atoms with van der Waals surface area (Å²) in [6.45, 7) is 0. The Kier molecular flexibility index (Phi) is 6.34. The number of nitriles is 1. The fraction of sp³-hybridized carbons (Fsp3) is 0.250. The Bertz CT molecular complexity index is 932. The first kappa shape index (κ1) is 18.8. The molecular weight excluding hydrogens is 360 g/mol. The van der Waals surface area contributed by atoms with Gasteiger partial charge in [-0.1, -0.05) is 23.9 Å². The van der Waals surface area contributed by atoms with E-state index in [-0.39, 0.29) is 0 Å². The van der Waals surface area contributed by atoms with Crippen LogP contribution < -0.4 is 9.47 Å². The quantitative estimate of drug-likeness (QED) is 0.427. The molecule has 0 saturated carbocycles. The fourth-order valence-corrected chi connectivity index (χ4v) is 3.54. The van der Waals surface area contributed by atoms with E-state index in [1.165, 1.54) is 0 Å². The van der Waals surface area contributed by atoms with Gasteiger partial charge in [0.2, 0.25) is 0 Å². The monoisotopic (exact) mass is 380 g/mol. The summed E-state index contributed by atoms with van der Waals surface area (Å²) in [7, 11) is 3.29. The van der Waals surface area contributed by atoms with Gasteiger partial charge in [0, 0.05) is 12.2 Å². The van der Waals surface area contributed by atoms with Crippen LogP contribution in [-0.4, -0.2) is 34.7 Å². The Hall–Kier alpha value is -2.98. The highest BCUT2D eigenvalue weighted by atomic mass is 32.2. The number of hydrogen-bond acceptors (Lipinski definition) is 6. The number of thioether (sulfide) groups is 1. The van der Waals surface area contributed by atoms with Crippen LogP contribution in [0.25, 0.3) is 17.1 Å². The zero-order valence-electron chi connectivity index (χ0n) is 15.3. The van der Waals surface area contributed by atoms with Gasteiger partial charge in [0.1, 0.15) is 11.5 Å². The lowest BCUT2D eigenvalue weighted by molar-refractivity contribution is 0.414. The molecule has 2 aromatic carbocycles. The third-order valence-electron chi connectivity index (χ3n) is 3.98. The molecule has 0 N–H and O–H groups in total. The first-order valence-corrected chi connectivity index (χ1v) is 9.50. The van der Waals surface area contributed by atoms with E-state index in [1.807, 2.05) is 53.1 Å². The van der Waals surface area contributed by atoms with Crippen molar-refractivity contribution in [2.75, 3.05) is 20.0 Å². The predicted octanol–water partition coefficient (Wildman–Crippen LogP) is 4.35. The largest absolute Gasteiger partial charge is 0.497 e. The highest BCUT2D eigenvalue weighted by molar-refractivity contribution is 7.99. The number of benzene rings is 2. The average molecular weight is 380 g/mol. The van der Waals surface area contributed by atoms with Gasteiger partial charge in [-0.25, -0.2) is 0 Å². The van der Waals surface area contributed by atoms with Gasteiger partial charge in [0.15, 0.2) is 11.0 Å². The van der Waals surface area contributed by atoms with E-state index in [4.69, 9.17) is 14.7 Å². The summed E-state index contributed by atoms with van der Waals surface area (Å²) < 4.78 is 12.8. The molecule has 0 atom stereocenters. The summed E-state index contributed by atoms with van der Waals surface area (Å²) in [6, 6.07) is 17.7. The van der Waals surface area contributed by atoms with Gasteiger partial charge in [0.05, 0.1) is 31.5 Å². The van der Waals surface area contributed by atoms with Gasteiger partial charge in [0.25, 0.3) is 0 Å². The third kappa shape index (κ3) is 4.23. The Labute approximate surface area is 162 Å². The number of methoxy groups -OCH3 is 2. The predicted molar refractivity (Wildman–Crippen MR) is 105 cm³/mol. The second-order valence-corrected chi connectivity index (χ2v) is 6.71. The number of para-hydroxylation sites is 1. The highest BCUT2D eigenvalue weighted by Gasteiger charge is 2.18. The zero-order chi connectivity index (χ0) is 19.1. The van der Waals surface area contributed by atoms with Gasteiger partial charge >= 0.3 is 0 Å². The Balaban J connectivity index is 2.05. The van der Waals surface area contributed by atoms with Crippen LogP contribution in [0.1, 0.15) is 12.8 Å². The maximum absolute atomic E-state index is 8.74. The van der Waals surface area contributed by atoms with E-state index >= 15 is 0 Å². The molecule has 0 bridgehead atoms. The average Bonchev–Trinajstić information content (AvgIpc) is 3.15. The van der Waals surface area contributed by atoms with E-state index in [0.717, 1.165) is 40.1 Å². The summed E-state index contributed by atoms with van der Waals surface area (Å²) >= 11 is 1.59.